The summed E-state index contributed by atoms with van der Waals surface area (Å²) in [5.41, 5.74) is 0.139. The molecule has 0 bridgehead atoms. The Kier molecular flexibility index (Phi) is 4.61. The number of nitrogens with zero attached hydrogens (tertiary/aromatic N) is 2. The van der Waals surface area contributed by atoms with Gasteiger partial charge in [-0.3, -0.25) is 4.79 Å². The van der Waals surface area contributed by atoms with Crippen LogP contribution >= 0.6 is 0 Å². The molecular weight excluding hydrogens is 358 g/mol. The Balaban J connectivity index is 1.52. The molecule has 1 saturated carbocycles. The summed E-state index contributed by atoms with van der Waals surface area (Å²) in [6.07, 6.45) is 3.25. The fourth-order valence-electron chi connectivity index (χ4n) is 3.50. The van der Waals surface area contributed by atoms with Crippen LogP contribution in [0.15, 0.2) is 24.4 Å². The maximum absolute atomic E-state index is 13.3. The second kappa shape index (κ2) is 7.07. The van der Waals surface area contributed by atoms with Crippen LogP contribution < -0.4 is 15.4 Å². The Bertz CT molecular complexity index is 859. The maximum atomic E-state index is 13.3. The number of carbonyl (C=O) groups excluding carboxylic acids is 1. The average Bonchev–Trinajstić information content (AvgIpc) is 2.99. The number of hydrogen-bond donors (Lipinski definition) is 2. The molecule has 9 heteroatoms. The number of fused-ring (bicyclic) bond motifs is 1. The summed E-state index contributed by atoms with van der Waals surface area (Å²) in [5.74, 6) is -1.17. The number of carbonyl (C=O) groups is 1. The molecule has 3 atom stereocenters. The van der Waals surface area contributed by atoms with Crippen LogP contribution in [0.4, 0.5) is 20.3 Å². The molecule has 1 amide bonds. The van der Waals surface area contributed by atoms with Gasteiger partial charge >= 0.3 is 0 Å². The molecule has 2 heterocycles. The molecule has 1 aliphatic heterocycles. The first-order chi connectivity index (χ1) is 13.0. The molecule has 1 aromatic carbocycles. The molecule has 142 valence electrons. The normalized spacial score (nSPS) is 23.3. The van der Waals surface area contributed by atoms with E-state index >= 15 is 0 Å². The lowest BCUT2D eigenvalue weighted by Crippen LogP contribution is -2.54. The quantitative estimate of drug-likeness (QED) is 0.834. The summed E-state index contributed by atoms with van der Waals surface area (Å²) in [4.78, 5) is 20.9. The lowest BCUT2D eigenvalue weighted by Gasteiger charge is -2.39. The number of halogens is 2. The monoisotopic (exact) mass is 376 g/mol. The van der Waals surface area contributed by atoms with Crippen molar-refractivity contribution >= 4 is 17.4 Å². The zero-order chi connectivity index (χ0) is 19.0. The third-order valence-electron chi connectivity index (χ3n) is 4.82. The number of rotatable bonds is 5. The summed E-state index contributed by atoms with van der Waals surface area (Å²) >= 11 is 0. The van der Waals surface area contributed by atoms with Gasteiger partial charge in [0, 0.05) is 18.4 Å². The van der Waals surface area contributed by atoms with E-state index in [0.717, 1.165) is 31.0 Å². The van der Waals surface area contributed by atoms with Gasteiger partial charge in [0.2, 0.25) is 5.88 Å². The molecular formula is C18H18F2N4O3. The van der Waals surface area contributed by atoms with Gasteiger partial charge in [-0.2, -0.15) is 0 Å². The van der Waals surface area contributed by atoms with Gasteiger partial charge in [-0.1, -0.05) is 0 Å². The van der Waals surface area contributed by atoms with Crippen molar-refractivity contribution in [2.75, 3.05) is 19.0 Å². The zero-order valence-electron chi connectivity index (χ0n) is 14.5. The van der Waals surface area contributed by atoms with Crippen LogP contribution in [0.3, 0.4) is 0 Å². The maximum Gasteiger partial charge on any atom is 0.275 e. The summed E-state index contributed by atoms with van der Waals surface area (Å²) in [6, 6.07) is 2.92. The van der Waals surface area contributed by atoms with E-state index in [1.165, 1.54) is 13.3 Å². The molecule has 1 aromatic heterocycles. The fraction of sp³-hybridized carbons (Fsp3) is 0.389. The van der Waals surface area contributed by atoms with Crippen molar-refractivity contribution in [3.63, 3.8) is 0 Å². The first kappa shape index (κ1) is 17.6. The second-order valence-corrected chi connectivity index (χ2v) is 6.60. The molecule has 3 unspecified atom stereocenters. The highest BCUT2D eigenvalue weighted by Gasteiger charge is 2.46. The van der Waals surface area contributed by atoms with Crippen molar-refractivity contribution < 1.29 is 23.0 Å². The first-order valence-corrected chi connectivity index (χ1v) is 8.60. The number of amides is 1. The highest BCUT2D eigenvalue weighted by Crippen LogP contribution is 2.38. The van der Waals surface area contributed by atoms with Crippen LogP contribution in [-0.2, 0) is 4.74 Å². The predicted molar refractivity (Wildman–Crippen MR) is 91.9 cm³/mol. The van der Waals surface area contributed by atoms with Crippen molar-refractivity contribution in [2.24, 2.45) is 5.92 Å². The molecule has 1 saturated heterocycles. The second-order valence-electron chi connectivity index (χ2n) is 6.60. The topological polar surface area (TPSA) is 85.4 Å². The van der Waals surface area contributed by atoms with Crippen molar-refractivity contribution in [1.82, 2.24) is 15.3 Å². The molecule has 0 radical (unpaired) electrons. The smallest absolute Gasteiger partial charge is 0.275 e. The Hall–Kier alpha value is -2.81. The lowest BCUT2D eigenvalue weighted by atomic mass is 9.77. The fourth-order valence-corrected chi connectivity index (χ4v) is 3.50. The minimum Gasteiger partial charge on any atom is -0.479 e. The highest BCUT2D eigenvalue weighted by molar-refractivity contribution is 5.95. The molecule has 2 fully saturated rings. The number of methoxy groups -OCH3 is 1. The van der Waals surface area contributed by atoms with E-state index in [-0.39, 0.29) is 35.2 Å². The first-order valence-electron chi connectivity index (χ1n) is 8.60. The molecule has 27 heavy (non-hydrogen) atoms. The number of aromatic nitrogens is 2. The molecule has 1 aliphatic carbocycles. The van der Waals surface area contributed by atoms with Crippen LogP contribution in [-0.4, -0.2) is 41.7 Å². The van der Waals surface area contributed by atoms with E-state index < -0.39 is 17.5 Å². The molecule has 2 N–H and O–H groups in total. The zero-order valence-corrected chi connectivity index (χ0v) is 14.5. The molecule has 2 aromatic rings. The van der Waals surface area contributed by atoms with Crippen molar-refractivity contribution in [2.45, 2.75) is 25.0 Å². The average molecular weight is 376 g/mol. The molecule has 2 aliphatic rings. The summed E-state index contributed by atoms with van der Waals surface area (Å²) in [5, 5.41) is 5.63. The Labute approximate surface area is 154 Å². The largest absolute Gasteiger partial charge is 0.479 e. The molecule has 4 rings (SSSR count). The van der Waals surface area contributed by atoms with E-state index in [2.05, 4.69) is 20.6 Å². The number of nitrogens with one attached hydrogen (secondary N) is 2. The number of hydrogen-bond acceptors (Lipinski definition) is 6. The van der Waals surface area contributed by atoms with Crippen molar-refractivity contribution in [3.05, 3.63) is 41.7 Å². The SMILES string of the molecule is COc1ncc(Nc2cc(F)cc(F)c2)nc1C(=O)NC1CC2CCOC21. The highest BCUT2D eigenvalue weighted by atomic mass is 19.1. The van der Waals surface area contributed by atoms with E-state index in [9.17, 15) is 13.6 Å². The molecule has 0 spiro atoms. The number of anilines is 2. The van der Waals surface area contributed by atoms with E-state index in [1.54, 1.807) is 0 Å². The lowest BCUT2D eigenvalue weighted by molar-refractivity contribution is -0.000706. The summed E-state index contributed by atoms with van der Waals surface area (Å²) in [6.45, 7) is 0.717. The molecule has 7 nitrogen and oxygen atoms in total. The number of benzene rings is 1. The Morgan fingerprint density at radius 3 is 2.78 bits per heavy atom. The van der Waals surface area contributed by atoms with E-state index in [4.69, 9.17) is 9.47 Å². The van der Waals surface area contributed by atoms with Gasteiger partial charge in [-0.25, -0.2) is 18.7 Å². The van der Waals surface area contributed by atoms with E-state index in [1.807, 2.05) is 0 Å². The number of ether oxygens (including phenoxy) is 2. The predicted octanol–water partition coefficient (Wildman–Crippen LogP) is 2.41. The van der Waals surface area contributed by atoms with Crippen LogP contribution in [0.1, 0.15) is 23.3 Å². The van der Waals surface area contributed by atoms with Crippen molar-refractivity contribution in [3.8, 4) is 5.88 Å². The standard InChI is InChI=1S/C18H18F2N4O3/c1-26-18-15(17(25)23-13-4-9-2-3-27-16(9)13)24-14(8-21-18)22-12-6-10(19)5-11(20)7-12/h5-9,13,16H,2-4H2,1H3,(H,22,24)(H,23,25). The van der Waals surface area contributed by atoms with Crippen LogP contribution in [0.5, 0.6) is 5.88 Å². The minimum absolute atomic E-state index is 0.0131. The summed E-state index contributed by atoms with van der Waals surface area (Å²) in [7, 11) is 1.38. The van der Waals surface area contributed by atoms with Gasteiger partial charge in [0.15, 0.2) is 5.69 Å². The van der Waals surface area contributed by atoms with Gasteiger partial charge in [0.05, 0.1) is 25.5 Å². The van der Waals surface area contributed by atoms with Gasteiger partial charge in [-0.05, 0) is 30.9 Å². The van der Waals surface area contributed by atoms with Crippen LogP contribution in [0, 0.1) is 17.6 Å². The third kappa shape index (κ3) is 3.55. The van der Waals surface area contributed by atoms with E-state index in [0.29, 0.717) is 12.5 Å². The Morgan fingerprint density at radius 2 is 2.07 bits per heavy atom. The van der Waals surface area contributed by atoms with Crippen LogP contribution in [0.25, 0.3) is 0 Å². The van der Waals surface area contributed by atoms with Gasteiger partial charge in [-0.15, -0.1) is 0 Å². The third-order valence-corrected chi connectivity index (χ3v) is 4.82. The van der Waals surface area contributed by atoms with Gasteiger partial charge < -0.3 is 20.1 Å². The Morgan fingerprint density at radius 1 is 1.30 bits per heavy atom. The van der Waals surface area contributed by atoms with Crippen LogP contribution in [0.2, 0.25) is 0 Å². The summed E-state index contributed by atoms with van der Waals surface area (Å²) < 4.78 is 37.4. The van der Waals surface area contributed by atoms with Gasteiger partial charge in [0.1, 0.15) is 17.5 Å². The minimum atomic E-state index is -0.729. The van der Waals surface area contributed by atoms with Gasteiger partial charge in [0.25, 0.3) is 5.91 Å². The van der Waals surface area contributed by atoms with Crippen molar-refractivity contribution in [1.29, 1.82) is 0 Å².